The topological polar surface area (TPSA) is 35.2 Å². The summed E-state index contributed by atoms with van der Waals surface area (Å²) in [5, 5.41) is 0. The van der Waals surface area contributed by atoms with E-state index >= 15 is 0 Å². The van der Waals surface area contributed by atoms with Gasteiger partial charge in [-0.05, 0) is 30.5 Å². The van der Waals surface area contributed by atoms with Crippen molar-refractivity contribution in [3.8, 4) is 5.75 Å². The van der Waals surface area contributed by atoms with Gasteiger partial charge in [0, 0.05) is 0 Å². The Labute approximate surface area is 79.7 Å². The third kappa shape index (κ3) is 2.65. The molecule has 13 heavy (non-hydrogen) atoms. The zero-order valence-corrected chi connectivity index (χ0v) is 8.34. The zero-order chi connectivity index (χ0) is 9.68. The van der Waals surface area contributed by atoms with Crippen LogP contribution in [0.25, 0.3) is 0 Å². The first-order valence-electron chi connectivity index (χ1n) is 4.79. The number of rotatable bonds is 4. The largest absolute Gasteiger partial charge is 0.491 e. The molecule has 0 spiro atoms. The lowest BCUT2D eigenvalue weighted by molar-refractivity contribution is 0.319. The number of hydrogen-bond acceptors (Lipinski definition) is 2. The first-order valence-corrected chi connectivity index (χ1v) is 4.79. The number of hydrogen-bond donors (Lipinski definition) is 1. The fourth-order valence-electron chi connectivity index (χ4n) is 1.16. The van der Waals surface area contributed by atoms with E-state index in [4.69, 9.17) is 10.5 Å². The molecule has 1 aromatic rings. The molecule has 2 heteroatoms. The van der Waals surface area contributed by atoms with Gasteiger partial charge in [-0.15, -0.1) is 0 Å². The molecule has 0 aliphatic carbocycles. The normalized spacial score (nSPS) is 10.0. The van der Waals surface area contributed by atoms with Crippen molar-refractivity contribution in [2.45, 2.75) is 26.7 Å². The third-order valence-corrected chi connectivity index (χ3v) is 1.94. The highest BCUT2D eigenvalue weighted by Gasteiger charge is 1.99. The van der Waals surface area contributed by atoms with Crippen molar-refractivity contribution in [3.05, 3.63) is 23.8 Å². The van der Waals surface area contributed by atoms with Crippen molar-refractivity contribution in [1.82, 2.24) is 0 Å². The second-order valence-electron chi connectivity index (χ2n) is 3.07. The van der Waals surface area contributed by atoms with Crippen LogP contribution in [0.15, 0.2) is 18.2 Å². The summed E-state index contributed by atoms with van der Waals surface area (Å²) in [6.45, 7) is 4.92. The standard InChI is InChI=1S/C11H17NO/c1-3-7-13-11-6-5-9(4-2)8-10(11)12/h5-6,8H,3-4,7,12H2,1-2H3. The van der Waals surface area contributed by atoms with Gasteiger partial charge in [-0.3, -0.25) is 0 Å². The molecule has 0 amide bonds. The van der Waals surface area contributed by atoms with Gasteiger partial charge in [-0.1, -0.05) is 19.9 Å². The van der Waals surface area contributed by atoms with Crippen molar-refractivity contribution < 1.29 is 4.74 Å². The third-order valence-electron chi connectivity index (χ3n) is 1.94. The molecule has 2 nitrogen and oxygen atoms in total. The molecule has 0 aliphatic heterocycles. The van der Waals surface area contributed by atoms with E-state index in [9.17, 15) is 0 Å². The van der Waals surface area contributed by atoms with Crippen LogP contribution in [0, 0.1) is 0 Å². The summed E-state index contributed by atoms with van der Waals surface area (Å²) in [7, 11) is 0. The molecule has 0 bridgehead atoms. The van der Waals surface area contributed by atoms with Gasteiger partial charge < -0.3 is 10.5 Å². The van der Waals surface area contributed by atoms with E-state index in [0.717, 1.165) is 30.9 Å². The summed E-state index contributed by atoms with van der Waals surface area (Å²) in [5.41, 5.74) is 7.81. The van der Waals surface area contributed by atoms with Gasteiger partial charge in [0.25, 0.3) is 0 Å². The molecule has 72 valence electrons. The van der Waals surface area contributed by atoms with Gasteiger partial charge in [-0.25, -0.2) is 0 Å². The van der Waals surface area contributed by atoms with E-state index < -0.39 is 0 Å². The maximum atomic E-state index is 5.81. The minimum absolute atomic E-state index is 0.732. The van der Waals surface area contributed by atoms with Crippen molar-refractivity contribution in [3.63, 3.8) is 0 Å². The van der Waals surface area contributed by atoms with Gasteiger partial charge in [0.05, 0.1) is 12.3 Å². The van der Waals surface area contributed by atoms with E-state index in [1.165, 1.54) is 5.56 Å². The number of benzene rings is 1. The maximum absolute atomic E-state index is 5.81. The molecule has 0 saturated carbocycles. The average Bonchev–Trinajstić information content (AvgIpc) is 2.16. The molecule has 0 atom stereocenters. The van der Waals surface area contributed by atoms with Crippen LogP contribution in [0.1, 0.15) is 25.8 Å². The molecule has 0 radical (unpaired) electrons. The second kappa shape index (κ2) is 4.75. The fourth-order valence-corrected chi connectivity index (χ4v) is 1.16. The van der Waals surface area contributed by atoms with Crippen LogP contribution >= 0.6 is 0 Å². The van der Waals surface area contributed by atoms with Crippen molar-refractivity contribution in [1.29, 1.82) is 0 Å². The van der Waals surface area contributed by atoms with Crippen LogP contribution in [0.5, 0.6) is 5.75 Å². The zero-order valence-electron chi connectivity index (χ0n) is 8.34. The summed E-state index contributed by atoms with van der Waals surface area (Å²) in [5.74, 6) is 0.805. The molecule has 0 aromatic heterocycles. The lowest BCUT2D eigenvalue weighted by Gasteiger charge is -2.08. The minimum atomic E-state index is 0.732. The Morgan fingerprint density at radius 1 is 1.31 bits per heavy atom. The molecule has 0 fully saturated rings. The Hall–Kier alpha value is -1.18. The van der Waals surface area contributed by atoms with Gasteiger partial charge in [0.2, 0.25) is 0 Å². The molecular weight excluding hydrogens is 162 g/mol. The number of nitrogen functional groups attached to an aromatic ring is 1. The van der Waals surface area contributed by atoms with Crippen LogP contribution in [0.4, 0.5) is 5.69 Å². The highest BCUT2D eigenvalue weighted by atomic mass is 16.5. The predicted molar refractivity (Wildman–Crippen MR) is 56.0 cm³/mol. The SMILES string of the molecule is CCCOc1ccc(CC)cc1N. The summed E-state index contributed by atoms with van der Waals surface area (Å²) in [6, 6.07) is 5.98. The molecule has 0 saturated heterocycles. The Kier molecular flexibility index (Phi) is 3.62. The van der Waals surface area contributed by atoms with Crippen LogP contribution < -0.4 is 10.5 Å². The fraction of sp³-hybridized carbons (Fsp3) is 0.455. The quantitative estimate of drug-likeness (QED) is 0.721. The van der Waals surface area contributed by atoms with E-state index in [-0.39, 0.29) is 0 Å². The first-order chi connectivity index (χ1) is 6.27. The second-order valence-corrected chi connectivity index (χ2v) is 3.07. The van der Waals surface area contributed by atoms with E-state index in [1.54, 1.807) is 0 Å². The van der Waals surface area contributed by atoms with Gasteiger partial charge in [0.1, 0.15) is 5.75 Å². The summed E-state index contributed by atoms with van der Waals surface area (Å²) in [4.78, 5) is 0. The van der Waals surface area contributed by atoms with Gasteiger partial charge >= 0.3 is 0 Å². The van der Waals surface area contributed by atoms with Crippen LogP contribution in [-0.4, -0.2) is 6.61 Å². The average molecular weight is 179 g/mol. The van der Waals surface area contributed by atoms with Crippen molar-refractivity contribution in [2.75, 3.05) is 12.3 Å². The number of ether oxygens (including phenoxy) is 1. The molecular formula is C11H17NO. The highest BCUT2D eigenvalue weighted by molar-refractivity contribution is 5.54. The lowest BCUT2D eigenvalue weighted by Crippen LogP contribution is -1.99. The van der Waals surface area contributed by atoms with Crippen molar-refractivity contribution in [2.24, 2.45) is 0 Å². The van der Waals surface area contributed by atoms with E-state index in [0.29, 0.717) is 0 Å². The smallest absolute Gasteiger partial charge is 0.142 e. The monoisotopic (exact) mass is 179 g/mol. The Bertz CT molecular complexity index is 271. The number of aryl methyl sites for hydroxylation is 1. The number of anilines is 1. The van der Waals surface area contributed by atoms with Gasteiger partial charge in [-0.2, -0.15) is 0 Å². The molecule has 0 unspecified atom stereocenters. The molecule has 2 N–H and O–H groups in total. The Balaban J connectivity index is 2.73. The Morgan fingerprint density at radius 2 is 2.08 bits per heavy atom. The molecule has 0 aliphatic rings. The Morgan fingerprint density at radius 3 is 2.62 bits per heavy atom. The van der Waals surface area contributed by atoms with E-state index in [2.05, 4.69) is 19.9 Å². The maximum Gasteiger partial charge on any atom is 0.142 e. The first kappa shape index (κ1) is 9.90. The highest BCUT2D eigenvalue weighted by Crippen LogP contribution is 2.22. The van der Waals surface area contributed by atoms with Crippen LogP contribution in [0.3, 0.4) is 0 Å². The van der Waals surface area contributed by atoms with E-state index in [1.807, 2.05) is 12.1 Å². The minimum Gasteiger partial charge on any atom is -0.491 e. The lowest BCUT2D eigenvalue weighted by atomic mass is 10.1. The summed E-state index contributed by atoms with van der Waals surface area (Å²) < 4.78 is 5.46. The summed E-state index contributed by atoms with van der Waals surface area (Å²) in [6.07, 6.45) is 2.02. The molecule has 1 rings (SSSR count). The molecule has 0 heterocycles. The van der Waals surface area contributed by atoms with Crippen LogP contribution in [-0.2, 0) is 6.42 Å². The predicted octanol–water partition coefficient (Wildman–Crippen LogP) is 2.62. The van der Waals surface area contributed by atoms with Crippen LogP contribution in [0.2, 0.25) is 0 Å². The summed E-state index contributed by atoms with van der Waals surface area (Å²) >= 11 is 0. The number of nitrogens with two attached hydrogens (primary N) is 1. The van der Waals surface area contributed by atoms with Gasteiger partial charge in [0.15, 0.2) is 0 Å². The molecule has 1 aromatic carbocycles. The van der Waals surface area contributed by atoms with Crippen molar-refractivity contribution >= 4 is 5.69 Å².